The fourth-order valence-corrected chi connectivity index (χ4v) is 5.59. The molecule has 4 aromatic carbocycles. The van der Waals surface area contributed by atoms with E-state index in [1.807, 2.05) is 99.6 Å². The van der Waals surface area contributed by atoms with Crippen LogP contribution in [0, 0.1) is 20.8 Å². The Balaban J connectivity index is 1.25. The van der Waals surface area contributed by atoms with Crippen molar-refractivity contribution in [1.29, 1.82) is 0 Å². The Morgan fingerprint density at radius 2 is 1.31 bits per heavy atom. The normalized spacial score (nSPS) is 18.8. The van der Waals surface area contributed by atoms with E-state index >= 15 is 0 Å². The Bertz CT molecular complexity index is 2000. The minimum atomic E-state index is -0.731. The zero-order valence-corrected chi connectivity index (χ0v) is 26.8. The molecule has 0 aliphatic carbocycles. The summed E-state index contributed by atoms with van der Waals surface area (Å²) in [5, 5.41) is 2.88. The summed E-state index contributed by atoms with van der Waals surface area (Å²) in [4.78, 5) is 26.5. The lowest BCUT2D eigenvalue weighted by Crippen LogP contribution is -2.42. The average Bonchev–Trinajstić information content (AvgIpc) is 3.68. The first-order valence-electron chi connectivity index (χ1n) is 15.8. The number of amides is 1. The van der Waals surface area contributed by atoms with Crippen molar-refractivity contribution >= 4 is 22.9 Å². The number of ether oxygens (including phenoxy) is 4. The third-order valence-electron chi connectivity index (χ3n) is 8.21. The van der Waals surface area contributed by atoms with Crippen LogP contribution in [-0.4, -0.2) is 50.3 Å². The zero-order valence-electron chi connectivity index (χ0n) is 26.8. The summed E-state index contributed by atoms with van der Waals surface area (Å²) in [7, 11) is 0. The number of carbonyl (C=O) groups is 1. The lowest BCUT2D eigenvalue weighted by Gasteiger charge is -2.26. The number of nitrogens with one attached hydrogen (secondary N) is 1. The first-order valence-corrected chi connectivity index (χ1v) is 15.8. The molecule has 7 rings (SSSR count). The van der Waals surface area contributed by atoms with Gasteiger partial charge in [0.25, 0.3) is 5.91 Å². The second kappa shape index (κ2) is 13.5. The Labute approximate surface area is 278 Å². The van der Waals surface area contributed by atoms with E-state index in [2.05, 4.69) is 20.3 Å². The molecule has 3 heterocycles. The average molecular weight is 648 g/mol. The molecule has 1 saturated heterocycles. The van der Waals surface area contributed by atoms with Gasteiger partial charge in [-0.2, -0.15) is 0 Å². The van der Waals surface area contributed by atoms with Crippen molar-refractivity contribution in [3.63, 3.8) is 0 Å². The maximum absolute atomic E-state index is 13.0. The summed E-state index contributed by atoms with van der Waals surface area (Å²) in [5.41, 5.74) is 4.75. The number of fused-ring (bicyclic) bond motifs is 1. The predicted molar refractivity (Wildman–Crippen MR) is 181 cm³/mol. The molecule has 2 aromatic heterocycles. The summed E-state index contributed by atoms with van der Waals surface area (Å²) in [6.07, 6.45) is 0.483. The van der Waals surface area contributed by atoms with Gasteiger partial charge in [-0.15, -0.1) is 0 Å². The molecular weight excluding hydrogens is 612 g/mol. The van der Waals surface area contributed by atoms with Gasteiger partial charge >= 0.3 is 0 Å². The van der Waals surface area contributed by atoms with Crippen LogP contribution in [0.3, 0.4) is 0 Å². The molecule has 1 aliphatic rings. The van der Waals surface area contributed by atoms with E-state index in [0.717, 1.165) is 22.4 Å². The molecule has 1 aliphatic heterocycles. The van der Waals surface area contributed by atoms with Crippen LogP contribution in [0.2, 0.25) is 0 Å². The molecule has 10 heteroatoms. The van der Waals surface area contributed by atoms with E-state index in [4.69, 9.17) is 18.9 Å². The smallest absolute Gasteiger partial charge is 0.256 e. The highest BCUT2D eigenvalue weighted by molar-refractivity contribution is 6.06. The summed E-state index contributed by atoms with van der Waals surface area (Å²) in [5.74, 6) is 2.04. The molecule has 0 unspecified atom stereocenters. The van der Waals surface area contributed by atoms with Gasteiger partial charge in [-0.3, -0.25) is 9.36 Å². The minimum Gasteiger partial charge on any atom is -0.491 e. The summed E-state index contributed by atoms with van der Waals surface area (Å²) < 4.78 is 28.2. The lowest BCUT2D eigenvalue weighted by molar-refractivity contribution is -0.0434. The van der Waals surface area contributed by atoms with E-state index < -0.39 is 24.5 Å². The number of carbonyl (C=O) groups excluding carboxylic acids is 1. The predicted octanol–water partition coefficient (Wildman–Crippen LogP) is 6.88. The van der Waals surface area contributed by atoms with Crippen LogP contribution in [0.25, 0.3) is 11.2 Å². The number of rotatable bonds is 10. The molecule has 0 saturated carbocycles. The van der Waals surface area contributed by atoms with E-state index in [9.17, 15) is 4.79 Å². The molecule has 48 heavy (non-hydrogen) atoms. The first-order chi connectivity index (χ1) is 23.4. The second-order valence-corrected chi connectivity index (χ2v) is 11.8. The van der Waals surface area contributed by atoms with E-state index in [-0.39, 0.29) is 18.3 Å². The number of aryl methyl sites for hydroxylation is 3. The molecule has 0 bridgehead atoms. The number of hydrogen-bond acceptors (Lipinski definition) is 8. The number of anilines is 1. The fourth-order valence-electron chi connectivity index (χ4n) is 5.59. The summed E-state index contributed by atoms with van der Waals surface area (Å²) >= 11 is 0. The molecule has 6 aromatic rings. The van der Waals surface area contributed by atoms with Crippen LogP contribution in [0.4, 0.5) is 5.82 Å². The largest absolute Gasteiger partial charge is 0.491 e. The standard InChI is InChI=1S/C38H35N5O5/c1-24-9-15-28(16-10-24)45-21-31-33(46-29-17-11-25(2)12-18-29)34(47-30-19-13-26(3)14-20-30)38(48-31)43-23-41-32-35(39-22-40-36(32)43)42-37(44)27-7-5-4-6-8-27/h4-20,22-23,31,33-34,38H,21H2,1-3H3,(H,39,40,42,44)/t31-,33-,34-,38-/m1/s1/i21+1,31+1,33+1,34+1,38+1,42+1. The van der Waals surface area contributed by atoms with Crippen molar-refractivity contribution in [2.45, 2.75) is 45.3 Å². The van der Waals surface area contributed by atoms with Crippen molar-refractivity contribution in [2.24, 2.45) is 0 Å². The van der Waals surface area contributed by atoms with Gasteiger partial charge in [-0.05, 0) is 69.3 Å². The van der Waals surface area contributed by atoms with Crippen LogP contribution >= 0.6 is 0 Å². The fraction of sp³-hybridized carbons (Fsp3) is 0.211. The summed E-state index contributed by atoms with van der Waals surface area (Å²) in [6, 6.07) is 32.5. The quantitative estimate of drug-likeness (QED) is 0.127. The molecule has 0 spiro atoms. The molecule has 0 radical (unpaired) electrons. The summed E-state index contributed by atoms with van der Waals surface area (Å²) in [6.45, 7) is 6.29. The lowest BCUT2D eigenvalue weighted by atomic mass is 10.2. The second-order valence-electron chi connectivity index (χ2n) is 11.8. The third kappa shape index (κ3) is 6.70. The van der Waals surface area contributed by atoms with Gasteiger partial charge in [0.1, 0.15) is 36.3 Å². The van der Waals surface area contributed by atoms with Crippen LogP contribution < -0.4 is 19.5 Å². The van der Waals surface area contributed by atoms with Crippen molar-refractivity contribution in [3.8, 4) is 17.2 Å². The molecule has 1 amide bonds. The SMILES string of the molecule is Cc1ccc(O[13CH2][13C@H]2O[13C@@H](n3cnc4c([15NH]C(=O)c5ccccc5)ncnc43)[13C@H](Oc3ccc(C)cc3)[13C@@H]2Oc2ccc(C)cc2)cc1. The van der Waals surface area contributed by atoms with E-state index in [1.165, 1.54) is 6.33 Å². The number of hydrogen-bond donors (Lipinski definition) is 1. The van der Waals surface area contributed by atoms with Gasteiger partial charge in [0.2, 0.25) is 0 Å². The van der Waals surface area contributed by atoms with Crippen molar-refractivity contribution in [3.05, 3.63) is 138 Å². The molecule has 10 nitrogen and oxygen atoms in total. The Morgan fingerprint density at radius 3 is 1.94 bits per heavy atom. The zero-order chi connectivity index (χ0) is 33.0. The van der Waals surface area contributed by atoms with Gasteiger partial charge in [0.15, 0.2) is 35.4 Å². The maximum atomic E-state index is 13.0. The number of aromatic nitrogens is 4. The van der Waals surface area contributed by atoms with E-state index in [1.54, 1.807) is 35.2 Å². The number of benzene rings is 4. The van der Waals surface area contributed by atoms with Crippen molar-refractivity contribution in [2.75, 3.05) is 11.9 Å². The third-order valence-corrected chi connectivity index (χ3v) is 8.21. The highest BCUT2D eigenvalue weighted by Crippen LogP contribution is 2.38. The first kappa shape index (κ1) is 30.9. The Hall–Kier alpha value is -5.74. The number of imidazole rings is 1. The van der Waals surface area contributed by atoms with Crippen molar-refractivity contribution in [1.82, 2.24) is 19.5 Å². The van der Waals surface area contributed by atoms with Gasteiger partial charge in [-0.25, -0.2) is 15.0 Å². The highest BCUT2D eigenvalue weighted by Gasteiger charge is 2.50. The van der Waals surface area contributed by atoms with Gasteiger partial charge in [0, 0.05) is 5.56 Å². The van der Waals surface area contributed by atoms with Crippen LogP contribution in [0.15, 0.2) is 116 Å². The van der Waals surface area contributed by atoms with Crippen LogP contribution in [0.5, 0.6) is 17.2 Å². The van der Waals surface area contributed by atoms with Crippen molar-refractivity contribution < 1.29 is 23.7 Å². The van der Waals surface area contributed by atoms with Crippen LogP contribution in [0.1, 0.15) is 33.3 Å². The van der Waals surface area contributed by atoms with Gasteiger partial charge in [-0.1, -0.05) is 71.3 Å². The molecular formula is C38H35N5O5. The molecule has 4 atom stereocenters. The van der Waals surface area contributed by atoms with E-state index in [0.29, 0.717) is 28.2 Å². The Kier molecular flexibility index (Phi) is 8.72. The molecule has 1 N–H and O–H groups in total. The minimum absolute atomic E-state index is 0.198. The highest BCUT2D eigenvalue weighted by atomic mass is 16.8. The van der Waals surface area contributed by atoms with Gasteiger partial charge < -0.3 is 24.3 Å². The van der Waals surface area contributed by atoms with Crippen LogP contribution in [-0.2, 0) is 4.74 Å². The topological polar surface area (TPSA) is 110 Å². The maximum Gasteiger partial charge on any atom is 0.256 e. The Morgan fingerprint density at radius 1 is 0.729 bits per heavy atom. The number of nitrogens with zero attached hydrogens (tertiary/aromatic N) is 4. The molecule has 242 valence electrons. The monoisotopic (exact) mass is 647 g/mol. The van der Waals surface area contributed by atoms with Gasteiger partial charge in [0.05, 0.1) is 6.33 Å². The molecule has 1 fully saturated rings.